The van der Waals surface area contributed by atoms with Crippen LogP contribution in [0.2, 0.25) is 0 Å². The summed E-state index contributed by atoms with van der Waals surface area (Å²) in [6.07, 6.45) is 2.49. The van der Waals surface area contributed by atoms with E-state index in [9.17, 15) is 9.90 Å². The molecule has 0 saturated carbocycles. The van der Waals surface area contributed by atoms with Gasteiger partial charge in [-0.2, -0.15) is 0 Å². The third-order valence-corrected chi connectivity index (χ3v) is 3.05. The minimum atomic E-state index is -0.353. The molecule has 88 valence electrons. The summed E-state index contributed by atoms with van der Waals surface area (Å²) in [5.41, 5.74) is 0.313. The number of rotatable bonds is 7. The molecule has 0 aromatic carbocycles. The second-order valence-corrected chi connectivity index (χ2v) is 4.03. The summed E-state index contributed by atoms with van der Waals surface area (Å²) in [6, 6.07) is 0. The Morgan fingerprint density at radius 1 is 1.40 bits per heavy atom. The van der Waals surface area contributed by atoms with E-state index in [1.165, 1.54) is 0 Å². The molecule has 0 saturated heterocycles. The highest BCUT2D eigenvalue weighted by molar-refractivity contribution is 5.86. The van der Waals surface area contributed by atoms with Gasteiger partial charge in [-0.1, -0.05) is 20.4 Å². The number of aliphatic hydroxyl groups is 1. The lowest BCUT2D eigenvalue weighted by atomic mass is 9.80. The second-order valence-electron chi connectivity index (χ2n) is 4.03. The monoisotopic (exact) mass is 214 g/mol. The Labute approximate surface area is 92.1 Å². The molecule has 0 atom stereocenters. The van der Waals surface area contributed by atoms with E-state index in [1.54, 1.807) is 6.92 Å². The molecule has 15 heavy (non-hydrogen) atoms. The number of aliphatic hydroxyl groups excluding tert-OH is 1. The van der Waals surface area contributed by atoms with Gasteiger partial charge < -0.3 is 9.84 Å². The van der Waals surface area contributed by atoms with Crippen LogP contribution in [0.15, 0.2) is 12.2 Å². The van der Waals surface area contributed by atoms with E-state index >= 15 is 0 Å². The van der Waals surface area contributed by atoms with Gasteiger partial charge in [-0.15, -0.1) is 0 Å². The molecule has 1 N–H and O–H groups in total. The third-order valence-electron chi connectivity index (χ3n) is 3.05. The van der Waals surface area contributed by atoms with Crippen LogP contribution in [0.25, 0.3) is 0 Å². The minimum Gasteiger partial charge on any atom is -0.462 e. The summed E-state index contributed by atoms with van der Waals surface area (Å²) in [6.45, 7) is 9.72. The van der Waals surface area contributed by atoms with Crippen LogP contribution in [0, 0.1) is 5.41 Å². The van der Waals surface area contributed by atoms with Crippen molar-refractivity contribution in [3.05, 3.63) is 12.2 Å². The van der Waals surface area contributed by atoms with Crippen LogP contribution >= 0.6 is 0 Å². The Morgan fingerprint density at radius 2 is 1.93 bits per heavy atom. The number of hydrogen-bond donors (Lipinski definition) is 1. The summed E-state index contributed by atoms with van der Waals surface area (Å²) >= 11 is 0. The van der Waals surface area contributed by atoms with Gasteiger partial charge in [0, 0.05) is 12.2 Å². The van der Waals surface area contributed by atoms with E-state index in [2.05, 4.69) is 6.58 Å². The van der Waals surface area contributed by atoms with Gasteiger partial charge in [0.25, 0.3) is 0 Å². The predicted octanol–water partition coefficient (Wildman–Crippen LogP) is 2.29. The molecule has 0 bridgehead atoms. The van der Waals surface area contributed by atoms with E-state index in [4.69, 9.17) is 4.74 Å². The Hall–Kier alpha value is -0.830. The summed E-state index contributed by atoms with van der Waals surface area (Å²) in [4.78, 5) is 11.1. The first kappa shape index (κ1) is 14.2. The van der Waals surface area contributed by atoms with Crippen LogP contribution in [-0.2, 0) is 9.53 Å². The SMILES string of the molecule is C=C(C)C(=O)OCCC(CC)(CC)CO. The average Bonchev–Trinajstić information content (AvgIpc) is 2.24. The highest BCUT2D eigenvalue weighted by Gasteiger charge is 2.25. The molecule has 0 rings (SSSR count). The predicted molar refractivity (Wildman–Crippen MR) is 60.5 cm³/mol. The zero-order valence-electron chi connectivity index (χ0n) is 10.0. The van der Waals surface area contributed by atoms with Crippen molar-refractivity contribution in [2.24, 2.45) is 5.41 Å². The Kier molecular flexibility index (Phi) is 6.25. The average molecular weight is 214 g/mol. The van der Waals surface area contributed by atoms with Crippen molar-refractivity contribution in [1.29, 1.82) is 0 Å². The first-order chi connectivity index (χ1) is 7.01. The Bertz CT molecular complexity index is 209. The van der Waals surface area contributed by atoms with Gasteiger partial charge in [0.15, 0.2) is 0 Å². The standard InChI is InChI=1S/C12H22O3/c1-5-12(6-2,9-13)7-8-15-11(14)10(3)4/h13H,3,5-9H2,1-2,4H3. The smallest absolute Gasteiger partial charge is 0.333 e. The molecule has 0 fully saturated rings. The van der Waals surface area contributed by atoms with Gasteiger partial charge >= 0.3 is 5.97 Å². The van der Waals surface area contributed by atoms with Crippen molar-refractivity contribution in [2.75, 3.05) is 13.2 Å². The molecule has 3 heteroatoms. The van der Waals surface area contributed by atoms with Gasteiger partial charge in [0.05, 0.1) is 6.61 Å². The first-order valence-corrected chi connectivity index (χ1v) is 5.45. The number of ether oxygens (including phenoxy) is 1. The van der Waals surface area contributed by atoms with E-state index < -0.39 is 0 Å². The molecular formula is C12H22O3. The topological polar surface area (TPSA) is 46.5 Å². The molecule has 0 aliphatic heterocycles. The molecule has 0 heterocycles. The van der Waals surface area contributed by atoms with Gasteiger partial charge in [-0.3, -0.25) is 0 Å². The Morgan fingerprint density at radius 3 is 2.27 bits per heavy atom. The zero-order valence-corrected chi connectivity index (χ0v) is 10.0. The largest absolute Gasteiger partial charge is 0.462 e. The van der Waals surface area contributed by atoms with Crippen molar-refractivity contribution in [1.82, 2.24) is 0 Å². The lowest BCUT2D eigenvalue weighted by molar-refractivity contribution is -0.140. The lowest BCUT2D eigenvalue weighted by Gasteiger charge is -2.28. The van der Waals surface area contributed by atoms with Crippen LogP contribution < -0.4 is 0 Å². The maximum atomic E-state index is 11.1. The van der Waals surface area contributed by atoms with Crippen molar-refractivity contribution >= 4 is 5.97 Å². The first-order valence-electron chi connectivity index (χ1n) is 5.45. The molecule has 0 radical (unpaired) electrons. The summed E-state index contributed by atoms with van der Waals surface area (Å²) in [5, 5.41) is 9.29. The van der Waals surface area contributed by atoms with E-state index in [-0.39, 0.29) is 18.0 Å². The van der Waals surface area contributed by atoms with Crippen LogP contribution in [0.1, 0.15) is 40.0 Å². The highest BCUT2D eigenvalue weighted by Crippen LogP contribution is 2.29. The fraction of sp³-hybridized carbons (Fsp3) is 0.750. The molecule has 0 spiro atoms. The molecule has 0 unspecified atom stereocenters. The van der Waals surface area contributed by atoms with Crippen molar-refractivity contribution in [3.63, 3.8) is 0 Å². The van der Waals surface area contributed by atoms with Crippen molar-refractivity contribution in [2.45, 2.75) is 40.0 Å². The number of hydrogen-bond acceptors (Lipinski definition) is 3. The van der Waals surface area contributed by atoms with Crippen LogP contribution in [0.4, 0.5) is 0 Å². The number of esters is 1. The maximum absolute atomic E-state index is 11.1. The molecule has 0 aliphatic rings. The third kappa shape index (κ3) is 4.47. The van der Waals surface area contributed by atoms with Crippen molar-refractivity contribution < 1.29 is 14.6 Å². The van der Waals surface area contributed by atoms with E-state index in [1.807, 2.05) is 13.8 Å². The van der Waals surface area contributed by atoms with Gasteiger partial charge in [0.2, 0.25) is 0 Å². The second kappa shape index (κ2) is 6.62. The fourth-order valence-corrected chi connectivity index (χ4v) is 1.39. The van der Waals surface area contributed by atoms with Crippen LogP contribution in [-0.4, -0.2) is 24.3 Å². The fourth-order valence-electron chi connectivity index (χ4n) is 1.39. The minimum absolute atomic E-state index is 0.102. The highest BCUT2D eigenvalue weighted by atomic mass is 16.5. The Balaban J connectivity index is 4.02. The van der Waals surface area contributed by atoms with E-state index in [0.717, 1.165) is 12.8 Å². The molecule has 0 aliphatic carbocycles. The van der Waals surface area contributed by atoms with Gasteiger partial charge in [-0.25, -0.2) is 4.79 Å². The molecule has 3 nitrogen and oxygen atoms in total. The molecule has 0 amide bonds. The van der Waals surface area contributed by atoms with E-state index in [0.29, 0.717) is 18.6 Å². The quantitative estimate of drug-likeness (QED) is 0.522. The van der Waals surface area contributed by atoms with Gasteiger partial charge in [-0.05, 0) is 31.6 Å². The van der Waals surface area contributed by atoms with Crippen molar-refractivity contribution in [3.8, 4) is 0 Å². The van der Waals surface area contributed by atoms with Crippen LogP contribution in [0.3, 0.4) is 0 Å². The van der Waals surface area contributed by atoms with Crippen LogP contribution in [0.5, 0.6) is 0 Å². The lowest BCUT2D eigenvalue weighted by Crippen LogP contribution is -2.26. The number of carbonyl (C=O) groups is 1. The molecular weight excluding hydrogens is 192 g/mol. The number of carbonyl (C=O) groups excluding carboxylic acids is 1. The van der Waals surface area contributed by atoms with Gasteiger partial charge in [0.1, 0.15) is 0 Å². The normalized spacial score (nSPS) is 11.2. The summed E-state index contributed by atoms with van der Waals surface area (Å²) in [5.74, 6) is -0.353. The zero-order chi connectivity index (χ0) is 11.9. The summed E-state index contributed by atoms with van der Waals surface area (Å²) < 4.78 is 5.01. The summed E-state index contributed by atoms with van der Waals surface area (Å²) in [7, 11) is 0. The maximum Gasteiger partial charge on any atom is 0.333 e. The molecule has 0 aromatic rings. The molecule has 0 aromatic heterocycles.